The van der Waals surface area contributed by atoms with Gasteiger partial charge in [-0.3, -0.25) is 9.59 Å². The van der Waals surface area contributed by atoms with E-state index in [-0.39, 0.29) is 11.8 Å². The minimum Gasteiger partial charge on any atom is -0.497 e. The van der Waals surface area contributed by atoms with Crippen molar-refractivity contribution in [3.8, 4) is 28.3 Å². The molecule has 6 N–H and O–H groups in total. The molecule has 8 aromatic rings. The third kappa shape index (κ3) is 21.5. The molecule has 0 bridgehead atoms. The van der Waals surface area contributed by atoms with E-state index in [1.807, 2.05) is 89.8 Å². The van der Waals surface area contributed by atoms with E-state index in [1.54, 1.807) is 45.1 Å². The number of carbonyl (C=O) groups excluding carboxylic acids is 2. The molecule has 22 heteroatoms. The summed E-state index contributed by atoms with van der Waals surface area (Å²) < 4.78 is 9.27. The molecule has 0 aliphatic heterocycles. The summed E-state index contributed by atoms with van der Waals surface area (Å²) in [6.45, 7) is 11.0. The lowest BCUT2D eigenvalue weighted by molar-refractivity contribution is -0.165. The van der Waals surface area contributed by atoms with E-state index in [2.05, 4.69) is 109 Å². The quantitative estimate of drug-likeness (QED) is 0.0485. The number of aliphatic carboxylic acids is 4. The zero-order valence-electron chi connectivity index (χ0n) is 49.6. The molecule has 3 aromatic carbocycles. The number of imidazole rings is 2. The Morgan fingerprint density at radius 1 is 0.541 bits per heavy atom. The molecule has 0 spiro atoms. The molecule has 0 aliphatic rings. The summed E-state index contributed by atoms with van der Waals surface area (Å²) in [6, 6.07) is 38.8. The molecule has 2 amide bonds. The van der Waals surface area contributed by atoms with Crippen LogP contribution in [0.4, 0.5) is 5.82 Å². The molecule has 0 aliphatic carbocycles. The molecule has 2 unspecified atom stereocenters. The number of methoxy groups -OCH3 is 1. The van der Waals surface area contributed by atoms with Crippen molar-refractivity contribution in [2.45, 2.75) is 59.3 Å². The van der Waals surface area contributed by atoms with Gasteiger partial charge in [-0.05, 0) is 94.9 Å². The van der Waals surface area contributed by atoms with Crippen LogP contribution in [-0.2, 0) is 48.2 Å². The monoisotopic (exact) mass is 1170 g/mol. The summed E-state index contributed by atoms with van der Waals surface area (Å²) in [7, 11) is 13.0. The van der Waals surface area contributed by atoms with Crippen LogP contribution >= 0.6 is 0 Å². The van der Waals surface area contributed by atoms with E-state index in [9.17, 15) is 28.8 Å². The summed E-state index contributed by atoms with van der Waals surface area (Å²) in [6.07, 6.45) is 3.17. The second-order valence-corrected chi connectivity index (χ2v) is 20.2. The lowest BCUT2D eigenvalue weighted by atomic mass is 10.1. The fraction of sp³-hybridized carbons (Fsp3) is 0.286. The van der Waals surface area contributed by atoms with Gasteiger partial charge in [0.15, 0.2) is 12.2 Å². The summed E-state index contributed by atoms with van der Waals surface area (Å²) >= 11 is 0. The molecule has 22 nitrogen and oxygen atoms in total. The number of carboxylic acid groups (broad SMARTS) is 4. The number of aromatic nitrogens is 5. The average Bonchev–Trinajstić information content (AvgIpc) is 2.54. The molecule has 0 saturated heterocycles. The smallest absolute Gasteiger partial charge is 0.335 e. The molecule has 5 heterocycles. The average molecular weight is 1170 g/mol. The number of rotatable bonds is 18. The van der Waals surface area contributed by atoms with Crippen molar-refractivity contribution in [3.05, 3.63) is 185 Å². The standard InChI is InChI=1S/2C19H21N3O.C17H23N3O.C4H6O6.C4H4O4/c2*1-13-5-8-15(9-6-13)19-16(11-18(23)21(3)4)22-12-14(2)7-10-17(22)20-19;1-19(2)12-13-20(17-6-4-5-11-18-17)14-15-7-9-16(21-3)10-8-15;5-1(3(7)8)2(6)4(9)10;5-3(6)1-2-4(7)8/h2*5-10,12H,11H2,1-4H3;4-11H,12-14H2,1-3H3;1-2,5-6H,(H,7,8)(H,9,10);1-2H,(H,5,6)(H,7,8)/b;;;;2-1-. The Bertz CT molecular complexity index is 3340. The SMILES string of the molecule is COc1ccc(CN(CCN(C)C)c2ccccn2)cc1.Cc1ccc(-c2nc3ccc(C)cn3c2CC(=O)N(C)C)cc1.Cc1ccc(-c2nc3ccc(C)cn3c2CC(=O)N(C)C)cc1.O=C(O)/C=C\C(=O)O.O=C(O)C(O)C(O)C(=O)O. The van der Waals surface area contributed by atoms with Gasteiger partial charge in [0.2, 0.25) is 11.8 Å². The molecular formula is C63H75N9O13. The lowest BCUT2D eigenvalue weighted by Crippen LogP contribution is -2.39. The number of amides is 2. The van der Waals surface area contributed by atoms with Crippen LogP contribution < -0.4 is 9.64 Å². The molecule has 2 atom stereocenters. The zero-order valence-corrected chi connectivity index (χ0v) is 49.6. The molecular weight excluding hydrogens is 1090 g/mol. The number of nitrogens with zero attached hydrogens (tertiary/aromatic N) is 9. The number of aliphatic hydroxyl groups is 2. The second-order valence-electron chi connectivity index (χ2n) is 20.2. The highest BCUT2D eigenvalue weighted by molar-refractivity contribution is 5.89. The normalized spacial score (nSPS) is 11.3. The van der Waals surface area contributed by atoms with Crippen LogP contribution in [0.2, 0.25) is 0 Å². The van der Waals surface area contributed by atoms with Crippen molar-refractivity contribution in [1.82, 2.24) is 38.5 Å². The van der Waals surface area contributed by atoms with E-state index < -0.39 is 36.1 Å². The lowest BCUT2D eigenvalue weighted by Gasteiger charge is -2.25. The van der Waals surface area contributed by atoms with Gasteiger partial charge >= 0.3 is 23.9 Å². The first kappa shape index (κ1) is 67.7. The summed E-state index contributed by atoms with van der Waals surface area (Å²) in [5, 5.41) is 48.2. The van der Waals surface area contributed by atoms with Gasteiger partial charge in [-0.15, -0.1) is 0 Å². The van der Waals surface area contributed by atoms with E-state index in [4.69, 9.17) is 45.3 Å². The van der Waals surface area contributed by atoms with Gasteiger partial charge in [0, 0.05) is 89.7 Å². The van der Waals surface area contributed by atoms with Gasteiger partial charge in [-0.1, -0.05) is 90.0 Å². The zero-order chi connectivity index (χ0) is 63.1. The van der Waals surface area contributed by atoms with Gasteiger partial charge in [0.1, 0.15) is 22.9 Å². The number of aliphatic hydroxyl groups excluding tert-OH is 2. The minimum absolute atomic E-state index is 0.0710. The van der Waals surface area contributed by atoms with Gasteiger partial charge in [0.05, 0.1) is 42.7 Å². The van der Waals surface area contributed by atoms with Crippen LogP contribution in [0.3, 0.4) is 0 Å². The van der Waals surface area contributed by atoms with E-state index in [0.717, 1.165) is 87.5 Å². The fourth-order valence-electron chi connectivity index (χ4n) is 7.72. The highest BCUT2D eigenvalue weighted by Crippen LogP contribution is 2.28. The van der Waals surface area contributed by atoms with E-state index in [0.29, 0.717) is 25.0 Å². The van der Waals surface area contributed by atoms with Gasteiger partial charge in [0.25, 0.3) is 0 Å². The molecule has 8 rings (SSSR count). The summed E-state index contributed by atoms with van der Waals surface area (Å²) in [5.74, 6) is -4.01. The molecule has 0 saturated carbocycles. The molecule has 85 heavy (non-hydrogen) atoms. The third-order valence-corrected chi connectivity index (χ3v) is 12.5. The maximum absolute atomic E-state index is 12.3. The number of carbonyl (C=O) groups is 6. The van der Waals surface area contributed by atoms with Crippen molar-refractivity contribution in [1.29, 1.82) is 0 Å². The van der Waals surface area contributed by atoms with Crippen molar-refractivity contribution >= 4 is 52.8 Å². The maximum Gasteiger partial charge on any atom is 0.335 e. The molecule has 0 radical (unpaired) electrons. The fourth-order valence-corrected chi connectivity index (χ4v) is 7.72. The largest absolute Gasteiger partial charge is 0.497 e. The van der Waals surface area contributed by atoms with Crippen molar-refractivity contribution in [2.24, 2.45) is 0 Å². The van der Waals surface area contributed by atoms with Crippen LogP contribution in [0, 0.1) is 27.7 Å². The number of aryl methyl sites for hydroxylation is 4. The summed E-state index contributed by atoms with van der Waals surface area (Å²) in [4.78, 5) is 84.9. The Hall–Kier alpha value is -9.77. The van der Waals surface area contributed by atoms with Crippen molar-refractivity contribution in [3.63, 3.8) is 0 Å². The Balaban J connectivity index is 0.000000240. The van der Waals surface area contributed by atoms with Crippen LogP contribution in [0.1, 0.15) is 39.2 Å². The Labute approximate surface area is 493 Å². The topological polar surface area (TPSA) is 293 Å². The number of hydrogen-bond acceptors (Lipinski definition) is 14. The number of benzene rings is 3. The highest BCUT2D eigenvalue weighted by atomic mass is 16.5. The second kappa shape index (κ2) is 32.8. The van der Waals surface area contributed by atoms with Crippen LogP contribution in [0.5, 0.6) is 5.75 Å². The predicted octanol–water partition coefficient (Wildman–Crippen LogP) is 6.75. The molecule has 450 valence electrons. The number of fused-ring (bicyclic) bond motifs is 2. The minimum atomic E-state index is -2.27. The number of ether oxygens (including phenoxy) is 1. The number of carboxylic acids is 4. The number of anilines is 1. The Morgan fingerprint density at radius 3 is 1.29 bits per heavy atom. The van der Waals surface area contributed by atoms with Gasteiger partial charge in [-0.25, -0.2) is 34.1 Å². The Morgan fingerprint density at radius 2 is 0.953 bits per heavy atom. The van der Waals surface area contributed by atoms with E-state index >= 15 is 0 Å². The summed E-state index contributed by atoms with van der Waals surface area (Å²) in [5.41, 5.74) is 13.4. The predicted molar refractivity (Wildman–Crippen MR) is 324 cm³/mol. The van der Waals surface area contributed by atoms with Gasteiger partial charge in [-0.2, -0.15) is 0 Å². The number of pyridine rings is 3. The van der Waals surface area contributed by atoms with Crippen LogP contribution in [0.25, 0.3) is 33.8 Å². The molecule has 5 aromatic heterocycles. The van der Waals surface area contributed by atoms with E-state index in [1.165, 1.54) is 16.7 Å². The maximum atomic E-state index is 12.3. The Kier molecular flexibility index (Phi) is 26.1. The van der Waals surface area contributed by atoms with Crippen LogP contribution in [0.15, 0.2) is 146 Å². The number of likely N-dealkylation sites (N-methyl/N-ethyl adjacent to an activating group) is 3. The first-order valence-corrected chi connectivity index (χ1v) is 26.6. The number of hydrogen-bond donors (Lipinski definition) is 6. The highest BCUT2D eigenvalue weighted by Gasteiger charge is 2.29. The van der Waals surface area contributed by atoms with Crippen LogP contribution in [-0.4, -0.2) is 179 Å². The third-order valence-electron chi connectivity index (χ3n) is 12.5. The first-order valence-electron chi connectivity index (χ1n) is 26.6. The van der Waals surface area contributed by atoms with Crippen molar-refractivity contribution in [2.75, 3.05) is 67.4 Å². The van der Waals surface area contributed by atoms with Gasteiger partial charge < -0.3 is 63.8 Å². The first-order chi connectivity index (χ1) is 40.2. The molecule has 0 fully saturated rings. The van der Waals surface area contributed by atoms with Crippen molar-refractivity contribution < 1.29 is 64.1 Å².